The van der Waals surface area contributed by atoms with Gasteiger partial charge in [-0.15, -0.1) is 0 Å². The molecule has 0 aliphatic carbocycles. The predicted molar refractivity (Wildman–Crippen MR) is 86.9 cm³/mol. The third-order valence-corrected chi connectivity index (χ3v) is 5.42. The molecule has 0 saturated heterocycles. The first-order valence-electron chi connectivity index (χ1n) is 6.53. The van der Waals surface area contributed by atoms with Gasteiger partial charge in [0.25, 0.3) is 10.0 Å². The molecule has 3 rings (SSSR count). The van der Waals surface area contributed by atoms with E-state index in [-0.39, 0.29) is 4.90 Å². The molecule has 1 aliphatic heterocycles. The Morgan fingerprint density at radius 2 is 1.86 bits per heavy atom. The number of nitrogens with zero attached hydrogens (tertiary/aromatic N) is 2. The maximum absolute atomic E-state index is 12.6. The fourth-order valence-electron chi connectivity index (χ4n) is 2.22. The summed E-state index contributed by atoms with van der Waals surface area (Å²) in [4.78, 5) is 0.0692. The SMILES string of the molecule is Cc1ccc(S(=O)(=O)N2N=Cc3c(Cl)cccc3B2O)cc1. The van der Waals surface area contributed by atoms with Gasteiger partial charge in [0.15, 0.2) is 0 Å². The van der Waals surface area contributed by atoms with Gasteiger partial charge in [-0.2, -0.15) is 9.43 Å². The van der Waals surface area contributed by atoms with Gasteiger partial charge < -0.3 is 5.02 Å². The lowest BCUT2D eigenvalue weighted by Gasteiger charge is -2.26. The second kappa shape index (κ2) is 5.42. The largest absolute Gasteiger partial charge is 0.484 e. The fraction of sp³-hybridized carbons (Fsp3) is 0.0714. The van der Waals surface area contributed by atoms with Crippen molar-refractivity contribution in [1.82, 2.24) is 4.33 Å². The third kappa shape index (κ3) is 2.41. The summed E-state index contributed by atoms with van der Waals surface area (Å²) in [7, 11) is -5.35. The van der Waals surface area contributed by atoms with Gasteiger partial charge in [0.05, 0.1) is 11.1 Å². The van der Waals surface area contributed by atoms with E-state index in [2.05, 4.69) is 5.10 Å². The molecule has 0 unspecified atom stereocenters. The van der Waals surface area contributed by atoms with Gasteiger partial charge in [-0.3, -0.25) is 0 Å². The maximum Gasteiger partial charge on any atom is 0.484 e. The molecule has 2 aromatic rings. The van der Waals surface area contributed by atoms with E-state index >= 15 is 0 Å². The van der Waals surface area contributed by atoms with Crippen LogP contribution < -0.4 is 5.46 Å². The highest BCUT2D eigenvalue weighted by Gasteiger charge is 2.38. The molecule has 0 atom stereocenters. The Morgan fingerprint density at radius 3 is 2.55 bits per heavy atom. The standard InChI is InChI=1S/C14H12BClN2O3S/c1-10-5-7-11(8-6-10)22(20,21)18-15(19)13-3-2-4-14(16)12(13)9-17-18/h2-9,19H,1H3. The summed E-state index contributed by atoms with van der Waals surface area (Å²) in [5, 5.41) is 14.7. The van der Waals surface area contributed by atoms with E-state index in [9.17, 15) is 13.4 Å². The number of sulfonamides is 1. The minimum Gasteiger partial charge on any atom is -0.427 e. The number of fused-ring (bicyclic) bond motifs is 1. The summed E-state index contributed by atoms with van der Waals surface area (Å²) >= 11 is 6.03. The van der Waals surface area contributed by atoms with Crippen LogP contribution in [-0.4, -0.2) is 31.0 Å². The quantitative estimate of drug-likeness (QED) is 0.843. The fourth-order valence-corrected chi connectivity index (χ4v) is 3.70. The zero-order valence-corrected chi connectivity index (χ0v) is 13.2. The molecule has 1 heterocycles. The molecule has 5 nitrogen and oxygen atoms in total. The Bertz CT molecular complexity index is 853. The third-order valence-electron chi connectivity index (χ3n) is 3.44. The van der Waals surface area contributed by atoms with Crippen molar-refractivity contribution < 1.29 is 13.4 Å². The summed E-state index contributed by atoms with van der Waals surface area (Å²) in [5.74, 6) is 0. The Balaban J connectivity index is 2.05. The number of rotatable bonds is 2. The summed E-state index contributed by atoms with van der Waals surface area (Å²) in [6, 6.07) is 11.3. The lowest BCUT2D eigenvalue weighted by atomic mass is 9.72. The molecular formula is C14H12BClN2O3S. The van der Waals surface area contributed by atoms with Crippen molar-refractivity contribution in [3.05, 3.63) is 58.6 Å². The Morgan fingerprint density at radius 1 is 1.18 bits per heavy atom. The normalized spacial score (nSPS) is 14.1. The summed E-state index contributed by atoms with van der Waals surface area (Å²) < 4.78 is 25.9. The molecule has 1 N–H and O–H groups in total. The Kier molecular flexibility index (Phi) is 3.72. The van der Waals surface area contributed by atoms with Gasteiger partial charge in [-0.1, -0.05) is 41.4 Å². The van der Waals surface area contributed by atoms with Crippen LogP contribution in [0.1, 0.15) is 11.1 Å². The zero-order chi connectivity index (χ0) is 15.9. The van der Waals surface area contributed by atoms with Crippen LogP contribution >= 0.6 is 11.6 Å². The molecule has 0 fully saturated rings. The first-order valence-corrected chi connectivity index (χ1v) is 8.34. The Labute approximate surface area is 134 Å². The van der Waals surface area contributed by atoms with Crippen LogP contribution in [-0.2, 0) is 10.0 Å². The molecule has 0 aromatic heterocycles. The molecule has 0 saturated carbocycles. The lowest BCUT2D eigenvalue weighted by Crippen LogP contribution is -2.52. The van der Waals surface area contributed by atoms with Crippen LogP contribution in [0.3, 0.4) is 0 Å². The predicted octanol–water partition coefficient (Wildman–Crippen LogP) is 1.37. The molecule has 2 aromatic carbocycles. The van der Waals surface area contributed by atoms with Crippen molar-refractivity contribution in [2.75, 3.05) is 0 Å². The second-order valence-corrected chi connectivity index (χ2v) is 7.15. The number of aryl methyl sites for hydroxylation is 1. The van der Waals surface area contributed by atoms with Gasteiger partial charge in [-0.25, -0.2) is 8.42 Å². The van der Waals surface area contributed by atoms with Gasteiger partial charge in [0.2, 0.25) is 0 Å². The molecule has 1 aliphatic rings. The number of benzene rings is 2. The molecule has 8 heteroatoms. The van der Waals surface area contributed by atoms with Gasteiger partial charge in [-0.05, 0) is 30.6 Å². The molecule has 0 amide bonds. The van der Waals surface area contributed by atoms with Crippen LogP contribution in [0.2, 0.25) is 5.02 Å². The Hall–Kier alpha value is -1.83. The van der Waals surface area contributed by atoms with Crippen molar-refractivity contribution in [3.63, 3.8) is 0 Å². The van der Waals surface area contributed by atoms with Crippen molar-refractivity contribution in [2.24, 2.45) is 5.10 Å². The average molecular weight is 335 g/mol. The van der Waals surface area contributed by atoms with E-state index in [1.54, 1.807) is 30.3 Å². The topological polar surface area (TPSA) is 70.0 Å². The highest BCUT2D eigenvalue weighted by molar-refractivity contribution is 7.90. The van der Waals surface area contributed by atoms with Crippen molar-refractivity contribution >= 4 is 40.4 Å². The van der Waals surface area contributed by atoms with E-state index in [1.165, 1.54) is 18.3 Å². The van der Waals surface area contributed by atoms with Crippen molar-refractivity contribution in [1.29, 1.82) is 0 Å². The highest BCUT2D eigenvalue weighted by Crippen LogP contribution is 2.22. The smallest absolute Gasteiger partial charge is 0.427 e. The second-order valence-electron chi connectivity index (χ2n) is 4.95. The van der Waals surface area contributed by atoms with E-state index < -0.39 is 17.1 Å². The maximum atomic E-state index is 12.6. The van der Waals surface area contributed by atoms with Crippen molar-refractivity contribution in [3.8, 4) is 0 Å². The van der Waals surface area contributed by atoms with E-state index in [0.717, 1.165) is 5.56 Å². The summed E-state index contributed by atoms with van der Waals surface area (Å²) in [6.45, 7) is 1.86. The summed E-state index contributed by atoms with van der Waals surface area (Å²) in [6.07, 6.45) is 1.34. The molecule has 0 spiro atoms. The minimum absolute atomic E-state index is 0.0692. The van der Waals surface area contributed by atoms with Gasteiger partial charge in [0.1, 0.15) is 0 Å². The molecular weight excluding hydrogens is 322 g/mol. The van der Waals surface area contributed by atoms with Crippen LogP contribution in [0.25, 0.3) is 0 Å². The first kappa shape index (κ1) is 15.1. The van der Waals surface area contributed by atoms with Crippen LogP contribution in [0.15, 0.2) is 52.5 Å². The molecule has 0 bridgehead atoms. The number of hydrogen-bond acceptors (Lipinski definition) is 4. The summed E-state index contributed by atoms with van der Waals surface area (Å²) in [5.41, 5.74) is 1.86. The zero-order valence-electron chi connectivity index (χ0n) is 11.6. The monoisotopic (exact) mass is 334 g/mol. The lowest BCUT2D eigenvalue weighted by molar-refractivity contribution is 0.476. The van der Waals surface area contributed by atoms with E-state index in [4.69, 9.17) is 11.6 Å². The first-order chi connectivity index (χ1) is 10.4. The van der Waals surface area contributed by atoms with Crippen molar-refractivity contribution in [2.45, 2.75) is 11.8 Å². The highest BCUT2D eigenvalue weighted by atomic mass is 35.5. The van der Waals surface area contributed by atoms with Crippen LogP contribution in [0.5, 0.6) is 0 Å². The number of hydrazone groups is 1. The molecule has 112 valence electrons. The minimum atomic E-state index is -3.94. The van der Waals surface area contributed by atoms with Gasteiger partial charge in [0, 0.05) is 10.6 Å². The van der Waals surface area contributed by atoms with Gasteiger partial charge >= 0.3 is 7.05 Å². The van der Waals surface area contributed by atoms with Crippen LogP contribution in [0, 0.1) is 6.92 Å². The number of halogens is 1. The van der Waals surface area contributed by atoms with Crippen LogP contribution in [0.4, 0.5) is 0 Å². The average Bonchev–Trinajstić information content (AvgIpc) is 2.49. The number of hydrogen-bond donors (Lipinski definition) is 1. The molecule has 22 heavy (non-hydrogen) atoms. The van der Waals surface area contributed by atoms with E-state index in [1.807, 2.05) is 6.92 Å². The molecule has 0 radical (unpaired) electrons. The van der Waals surface area contributed by atoms with E-state index in [0.29, 0.717) is 20.4 Å².